The zero-order chi connectivity index (χ0) is 13.3. The fourth-order valence-corrected chi connectivity index (χ4v) is 2.87. The SMILES string of the molecule is COC(=O)C1CCC(c2ccc(Cl)cc2Cl)C1=O.[H-].[Na+]. The van der Waals surface area contributed by atoms with E-state index in [0.29, 0.717) is 22.9 Å². The van der Waals surface area contributed by atoms with Crippen LogP contribution in [-0.2, 0) is 14.3 Å². The van der Waals surface area contributed by atoms with Crippen molar-refractivity contribution >= 4 is 35.0 Å². The monoisotopic (exact) mass is 310 g/mol. The minimum atomic E-state index is -0.660. The molecular formula is C13H13Cl2NaO3. The number of carbonyl (C=O) groups is 2. The van der Waals surface area contributed by atoms with Crippen molar-refractivity contribution in [3.8, 4) is 0 Å². The second-order valence-electron chi connectivity index (χ2n) is 4.27. The van der Waals surface area contributed by atoms with Crippen LogP contribution in [0.15, 0.2) is 18.2 Å². The third-order valence-electron chi connectivity index (χ3n) is 3.25. The molecule has 0 aliphatic heterocycles. The smallest absolute Gasteiger partial charge is 1.00 e. The van der Waals surface area contributed by atoms with Crippen molar-refractivity contribution in [3.05, 3.63) is 33.8 Å². The summed E-state index contributed by atoms with van der Waals surface area (Å²) in [6.45, 7) is 0. The molecule has 1 fully saturated rings. The molecule has 6 heteroatoms. The van der Waals surface area contributed by atoms with Crippen LogP contribution in [0.25, 0.3) is 0 Å². The molecule has 2 atom stereocenters. The van der Waals surface area contributed by atoms with Crippen LogP contribution in [0.4, 0.5) is 0 Å². The maximum Gasteiger partial charge on any atom is 1.00 e. The summed E-state index contributed by atoms with van der Waals surface area (Å²) in [5, 5.41) is 0.991. The van der Waals surface area contributed by atoms with Gasteiger partial charge in [0, 0.05) is 16.0 Å². The van der Waals surface area contributed by atoms with Gasteiger partial charge in [0.05, 0.1) is 7.11 Å². The Labute approximate surface area is 145 Å². The van der Waals surface area contributed by atoms with Gasteiger partial charge in [-0.2, -0.15) is 0 Å². The molecule has 98 valence electrons. The fourth-order valence-electron chi connectivity index (χ4n) is 2.33. The second kappa shape index (κ2) is 7.09. The second-order valence-corrected chi connectivity index (χ2v) is 5.12. The Hall–Kier alpha value is -0.0600. The summed E-state index contributed by atoms with van der Waals surface area (Å²) in [5.41, 5.74) is 0.734. The van der Waals surface area contributed by atoms with Gasteiger partial charge < -0.3 is 6.16 Å². The van der Waals surface area contributed by atoms with Gasteiger partial charge in [0.15, 0.2) is 5.78 Å². The number of carbonyl (C=O) groups excluding carboxylic acids is 2. The van der Waals surface area contributed by atoms with E-state index in [-0.39, 0.29) is 42.7 Å². The molecule has 0 saturated heterocycles. The normalized spacial score (nSPS) is 21.9. The van der Waals surface area contributed by atoms with E-state index >= 15 is 0 Å². The summed E-state index contributed by atoms with van der Waals surface area (Å²) in [5.74, 6) is -1.58. The number of Topliss-reactive ketones (excluding diaryl/α,β-unsaturated/α-hetero) is 1. The van der Waals surface area contributed by atoms with Crippen molar-refractivity contribution in [2.75, 3.05) is 7.11 Å². The quantitative estimate of drug-likeness (QED) is 0.450. The Bertz CT molecular complexity index is 510. The van der Waals surface area contributed by atoms with Gasteiger partial charge >= 0.3 is 35.5 Å². The predicted octanol–water partition coefficient (Wildman–Crippen LogP) is 0.346. The van der Waals surface area contributed by atoms with E-state index < -0.39 is 11.9 Å². The molecule has 2 rings (SSSR count). The van der Waals surface area contributed by atoms with Crippen LogP contribution < -0.4 is 29.6 Å². The summed E-state index contributed by atoms with van der Waals surface area (Å²) in [6.07, 6.45) is 1.12. The van der Waals surface area contributed by atoms with Crippen molar-refractivity contribution in [1.29, 1.82) is 0 Å². The Balaban J connectivity index is 0.00000180. The number of methoxy groups -OCH3 is 1. The minimum absolute atomic E-state index is 0. The van der Waals surface area contributed by atoms with Crippen LogP contribution >= 0.6 is 23.2 Å². The van der Waals surface area contributed by atoms with E-state index in [1.54, 1.807) is 18.2 Å². The Morgan fingerprint density at radius 2 is 2.05 bits per heavy atom. The number of halogens is 2. The first-order valence-corrected chi connectivity index (χ1v) is 6.36. The van der Waals surface area contributed by atoms with Crippen molar-refractivity contribution in [3.63, 3.8) is 0 Å². The molecule has 1 aliphatic rings. The molecule has 0 heterocycles. The number of ether oxygens (including phenoxy) is 1. The summed E-state index contributed by atoms with van der Waals surface area (Å²) in [4.78, 5) is 23.6. The number of ketones is 1. The number of hydrogen-bond acceptors (Lipinski definition) is 3. The van der Waals surface area contributed by atoms with Gasteiger partial charge in [-0.25, -0.2) is 0 Å². The molecular weight excluding hydrogens is 298 g/mol. The largest absolute Gasteiger partial charge is 1.00 e. The Morgan fingerprint density at radius 3 is 2.63 bits per heavy atom. The van der Waals surface area contributed by atoms with E-state index in [9.17, 15) is 9.59 Å². The third-order valence-corrected chi connectivity index (χ3v) is 3.82. The van der Waals surface area contributed by atoms with E-state index in [1.165, 1.54) is 7.11 Å². The summed E-state index contributed by atoms with van der Waals surface area (Å²) >= 11 is 11.9. The fraction of sp³-hybridized carbons (Fsp3) is 0.385. The first-order chi connectivity index (χ1) is 8.54. The van der Waals surface area contributed by atoms with Crippen LogP contribution in [-0.4, -0.2) is 18.9 Å². The molecule has 1 aromatic carbocycles. The van der Waals surface area contributed by atoms with Crippen molar-refractivity contribution < 1.29 is 45.3 Å². The molecule has 0 amide bonds. The molecule has 0 spiro atoms. The van der Waals surface area contributed by atoms with E-state index in [2.05, 4.69) is 4.74 Å². The molecule has 1 aliphatic carbocycles. The van der Waals surface area contributed by atoms with Gasteiger partial charge in [-0.15, -0.1) is 0 Å². The van der Waals surface area contributed by atoms with E-state index in [0.717, 1.165) is 5.56 Å². The molecule has 0 aromatic heterocycles. The molecule has 0 radical (unpaired) electrons. The topological polar surface area (TPSA) is 43.4 Å². The predicted molar refractivity (Wildman–Crippen MR) is 70.1 cm³/mol. The molecule has 1 aromatic rings. The standard InChI is InChI=1S/C13H12Cl2O3.Na.H/c1-18-13(17)10-5-4-9(12(10)16)8-3-2-7(14)6-11(8)15;;/h2-3,6,9-10H,4-5H2,1H3;;/q;+1;-1. The average Bonchev–Trinajstić information content (AvgIpc) is 2.70. The van der Waals surface area contributed by atoms with Crippen molar-refractivity contribution in [2.45, 2.75) is 18.8 Å². The molecule has 2 unspecified atom stereocenters. The Morgan fingerprint density at radius 1 is 1.37 bits per heavy atom. The van der Waals surface area contributed by atoms with Crippen LogP contribution in [0.2, 0.25) is 10.0 Å². The van der Waals surface area contributed by atoms with Gasteiger partial charge in [0.2, 0.25) is 0 Å². The first kappa shape index (κ1) is 17.0. The average molecular weight is 311 g/mol. The van der Waals surface area contributed by atoms with Crippen LogP contribution in [0.3, 0.4) is 0 Å². The summed E-state index contributed by atoms with van der Waals surface area (Å²) in [6, 6.07) is 5.05. The third kappa shape index (κ3) is 3.53. The maximum atomic E-state index is 12.2. The Kier molecular flexibility index (Phi) is 6.34. The first-order valence-electron chi connectivity index (χ1n) is 5.61. The number of hydrogen-bond donors (Lipinski definition) is 0. The van der Waals surface area contributed by atoms with E-state index in [4.69, 9.17) is 23.2 Å². The van der Waals surface area contributed by atoms with Crippen LogP contribution in [0.1, 0.15) is 25.7 Å². The molecule has 0 bridgehead atoms. The van der Waals surface area contributed by atoms with Gasteiger partial charge in [-0.05, 0) is 30.5 Å². The van der Waals surface area contributed by atoms with E-state index in [1.807, 2.05) is 0 Å². The number of esters is 1. The number of rotatable bonds is 2. The van der Waals surface area contributed by atoms with Crippen LogP contribution in [0.5, 0.6) is 0 Å². The van der Waals surface area contributed by atoms with Crippen molar-refractivity contribution in [1.82, 2.24) is 0 Å². The van der Waals surface area contributed by atoms with Crippen molar-refractivity contribution in [2.24, 2.45) is 5.92 Å². The minimum Gasteiger partial charge on any atom is -1.00 e. The van der Waals surface area contributed by atoms with Gasteiger partial charge in [0.25, 0.3) is 0 Å². The summed E-state index contributed by atoms with van der Waals surface area (Å²) < 4.78 is 4.62. The zero-order valence-corrected chi connectivity index (χ0v) is 14.3. The van der Waals surface area contributed by atoms with Gasteiger partial charge in [-0.3, -0.25) is 9.59 Å². The van der Waals surface area contributed by atoms with Gasteiger partial charge in [0.1, 0.15) is 5.92 Å². The van der Waals surface area contributed by atoms with Crippen LogP contribution in [0, 0.1) is 5.92 Å². The van der Waals surface area contributed by atoms with Gasteiger partial charge in [-0.1, -0.05) is 29.3 Å². The molecule has 19 heavy (non-hydrogen) atoms. The zero-order valence-electron chi connectivity index (χ0n) is 11.8. The molecule has 0 N–H and O–H groups in total. The molecule has 1 saturated carbocycles. The molecule has 3 nitrogen and oxygen atoms in total. The maximum absolute atomic E-state index is 12.2. The number of benzene rings is 1. The summed E-state index contributed by atoms with van der Waals surface area (Å²) in [7, 11) is 1.29.